The second-order valence-corrected chi connectivity index (χ2v) is 9.35. The summed E-state index contributed by atoms with van der Waals surface area (Å²) < 4.78 is 3.54. The van der Waals surface area contributed by atoms with Crippen LogP contribution in [0.15, 0.2) is 97.1 Å². The molecule has 33 heavy (non-hydrogen) atoms. The van der Waals surface area contributed by atoms with Gasteiger partial charge in [0.25, 0.3) is 0 Å². The van der Waals surface area contributed by atoms with E-state index < -0.39 is 0 Å². The zero-order valence-corrected chi connectivity index (χ0v) is 18.8. The van der Waals surface area contributed by atoms with Crippen LogP contribution in [-0.2, 0) is 0 Å². The van der Waals surface area contributed by atoms with E-state index in [1.807, 2.05) is 6.92 Å². The molecule has 0 bridgehead atoms. The fraction of sp³-hybridized carbons (Fsp3) is 0.0345. The van der Waals surface area contributed by atoms with E-state index in [0.717, 1.165) is 38.6 Å². The van der Waals surface area contributed by atoms with Crippen molar-refractivity contribution in [1.82, 2.24) is 14.5 Å². The smallest absolute Gasteiger partial charge is 0.147 e. The topological polar surface area (TPSA) is 30.7 Å². The number of benzene rings is 4. The summed E-state index contributed by atoms with van der Waals surface area (Å²) in [7, 11) is 0. The van der Waals surface area contributed by atoms with E-state index in [1.54, 1.807) is 11.3 Å². The number of fused-ring (bicyclic) bond motifs is 5. The lowest BCUT2D eigenvalue weighted by molar-refractivity contribution is 1.12. The molecule has 0 saturated heterocycles. The largest absolute Gasteiger partial charge is 0.292 e. The Morgan fingerprint density at radius 1 is 0.667 bits per heavy atom. The lowest BCUT2D eigenvalue weighted by Gasteiger charge is -2.13. The summed E-state index contributed by atoms with van der Waals surface area (Å²) in [5.74, 6) is 0.960. The van der Waals surface area contributed by atoms with E-state index in [1.165, 1.54) is 26.2 Å². The van der Waals surface area contributed by atoms with Crippen molar-refractivity contribution in [1.29, 1.82) is 0 Å². The zero-order chi connectivity index (χ0) is 21.9. The van der Waals surface area contributed by atoms with Crippen molar-refractivity contribution in [3.63, 3.8) is 0 Å². The molecule has 0 unspecified atom stereocenters. The monoisotopic (exact) mass is 441 g/mol. The number of hydrogen-bond donors (Lipinski definition) is 0. The van der Waals surface area contributed by atoms with Gasteiger partial charge in [-0.05, 0) is 48.7 Å². The summed E-state index contributed by atoms with van der Waals surface area (Å²) in [5.41, 5.74) is 5.42. The third-order valence-electron chi connectivity index (χ3n) is 6.31. The van der Waals surface area contributed by atoms with Gasteiger partial charge in [0.1, 0.15) is 10.7 Å². The number of hydrogen-bond acceptors (Lipinski definition) is 3. The zero-order valence-electron chi connectivity index (χ0n) is 18.0. The Morgan fingerprint density at radius 2 is 1.45 bits per heavy atom. The van der Waals surface area contributed by atoms with Gasteiger partial charge in [-0.3, -0.25) is 4.57 Å². The van der Waals surface area contributed by atoms with Crippen molar-refractivity contribution < 1.29 is 0 Å². The molecule has 156 valence electrons. The molecule has 0 aliphatic heterocycles. The molecule has 0 aliphatic rings. The van der Waals surface area contributed by atoms with Gasteiger partial charge in [0.05, 0.1) is 16.7 Å². The highest BCUT2D eigenvalue weighted by atomic mass is 32.1. The van der Waals surface area contributed by atoms with Gasteiger partial charge in [-0.25, -0.2) is 9.97 Å². The third kappa shape index (κ3) is 2.74. The minimum Gasteiger partial charge on any atom is -0.292 e. The number of thiophene rings is 1. The number of rotatable bonds is 2. The molecule has 4 aromatic carbocycles. The van der Waals surface area contributed by atoms with Crippen LogP contribution in [0.2, 0.25) is 0 Å². The van der Waals surface area contributed by atoms with E-state index in [-0.39, 0.29) is 0 Å². The van der Waals surface area contributed by atoms with Crippen LogP contribution >= 0.6 is 11.3 Å². The summed E-state index contributed by atoms with van der Waals surface area (Å²) >= 11 is 1.75. The van der Waals surface area contributed by atoms with Crippen LogP contribution in [0.4, 0.5) is 0 Å². The Balaban J connectivity index is 1.62. The Bertz CT molecular complexity index is 1840. The number of pyridine rings is 1. The van der Waals surface area contributed by atoms with Crippen molar-refractivity contribution in [3.05, 3.63) is 103 Å². The van der Waals surface area contributed by atoms with Crippen molar-refractivity contribution in [2.45, 2.75) is 6.92 Å². The van der Waals surface area contributed by atoms with Gasteiger partial charge in [0, 0.05) is 32.1 Å². The SMILES string of the molecule is Cc1ccc2c(n1)sc1c(-c3nc4ccccc4n3-c3cccc4ccccc34)cccc12. The van der Waals surface area contributed by atoms with Gasteiger partial charge in [-0.15, -0.1) is 11.3 Å². The molecule has 0 fully saturated rings. The normalized spacial score (nSPS) is 11.8. The van der Waals surface area contributed by atoms with Crippen molar-refractivity contribution in [2.24, 2.45) is 0 Å². The van der Waals surface area contributed by atoms with E-state index in [0.29, 0.717) is 0 Å². The van der Waals surface area contributed by atoms with Crippen LogP contribution in [0.25, 0.3) is 59.2 Å². The lowest BCUT2D eigenvalue weighted by Crippen LogP contribution is -1.98. The molecule has 3 aromatic heterocycles. The van der Waals surface area contributed by atoms with Crippen molar-refractivity contribution in [3.8, 4) is 17.1 Å². The number of imidazole rings is 1. The van der Waals surface area contributed by atoms with E-state index in [9.17, 15) is 0 Å². The average Bonchev–Trinajstić information content (AvgIpc) is 3.41. The highest BCUT2D eigenvalue weighted by molar-refractivity contribution is 7.26. The number of aryl methyl sites for hydroxylation is 1. The third-order valence-corrected chi connectivity index (χ3v) is 7.46. The Labute approximate surface area is 194 Å². The molecule has 0 atom stereocenters. The first kappa shape index (κ1) is 18.5. The first-order valence-corrected chi connectivity index (χ1v) is 11.8. The van der Waals surface area contributed by atoms with E-state index in [4.69, 9.17) is 9.97 Å². The predicted molar refractivity (Wildman–Crippen MR) is 139 cm³/mol. The van der Waals surface area contributed by atoms with Gasteiger partial charge in [0.15, 0.2) is 0 Å². The van der Waals surface area contributed by atoms with Gasteiger partial charge in [-0.1, -0.05) is 60.7 Å². The summed E-state index contributed by atoms with van der Waals surface area (Å²) in [6, 6.07) is 34.2. The first-order chi connectivity index (χ1) is 16.3. The lowest BCUT2D eigenvalue weighted by atomic mass is 10.1. The van der Waals surface area contributed by atoms with Crippen molar-refractivity contribution in [2.75, 3.05) is 0 Å². The summed E-state index contributed by atoms with van der Waals surface area (Å²) in [5, 5.41) is 4.87. The maximum Gasteiger partial charge on any atom is 0.147 e. The molecule has 0 amide bonds. The molecule has 0 saturated carbocycles. The van der Waals surface area contributed by atoms with Crippen LogP contribution in [0.5, 0.6) is 0 Å². The maximum absolute atomic E-state index is 5.15. The van der Waals surface area contributed by atoms with E-state index >= 15 is 0 Å². The Kier molecular flexibility index (Phi) is 3.93. The Hall–Kier alpha value is -4.02. The van der Waals surface area contributed by atoms with E-state index in [2.05, 4.69) is 102 Å². The molecule has 7 aromatic rings. The average molecular weight is 442 g/mol. The fourth-order valence-corrected chi connectivity index (χ4v) is 6.03. The molecule has 4 heteroatoms. The van der Waals surface area contributed by atoms with Gasteiger partial charge >= 0.3 is 0 Å². The number of nitrogens with zero attached hydrogens (tertiary/aromatic N) is 3. The second-order valence-electron chi connectivity index (χ2n) is 8.35. The molecule has 7 rings (SSSR count). The fourth-order valence-electron chi connectivity index (χ4n) is 4.80. The molecular formula is C29H19N3S. The van der Waals surface area contributed by atoms with Crippen LogP contribution in [-0.4, -0.2) is 14.5 Å². The molecule has 0 radical (unpaired) electrons. The second kappa shape index (κ2) is 6.99. The highest BCUT2D eigenvalue weighted by Gasteiger charge is 2.19. The van der Waals surface area contributed by atoms with Crippen LogP contribution in [0.3, 0.4) is 0 Å². The summed E-state index contributed by atoms with van der Waals surface area (Å²) in [4.78, 5) is 11.0. The summed E-state index contributed by atoms with van der Waals surface area (Å²) in [6.07, 6.45) is 0. The molecule has 0 N–H and O–H groups in total. The molecular weight excluding hydrogens is 422 g/mol. The first-order valence-electron chi connectivity index (χ1n) is 11.0. The molecule has 3 nitrogen and oxygen atoms in total. The standard InChI is InChI=1S/C29H19N3S/c1-18-16-17-22-21-11-7-12-23(27(21)33-29(22)30-18)28-31-24-13-4-5-14-26(24)32(28)25-15-6-9-19-8-2-3-10-20(19)25/h2-17H,1H3. The van der Waals surface area contributed by atoms with Crippen LogP contribution < -0.4 is 0 Å². The molecule has 3 heterocycles. The molecule has 0 aliphatic carbocycles. The minimum absolute atomic E-state index is 0.960. The van der Waals surface area contributed by atoms with Gasteiger partial charge < -0.3 is 0 Å². The Morgan fingerprint density at radius 3 is 2.42 bits per heavy atom. The predicted octanol–water partition coefficient (Wildman–Crippen LogP) is 7.92. The highest BCUT2D eigenvalue weighted by Crippen LogP contribution is 2.41. The minimum atomic E-state index is 0.960. The van der Waals surface area contributed by atoms with Crippen LogP contribution in [0, 0.1) is 6.92 Å². The van der Waals surface area contributed by atoms with Crippen LogP contribution in [0.1, 0.15) is 5.69 Å². The molecule has 0 spiro atoms. The maximum atomic E-state index is 5.15. The van der Waals surface area contributed by atoms with Crippen molar-refractivity contribution >= 4 is 53.4 Å². The van der Waals surface area contributed by atoms with Gasteiger partial charge in [0.2, 0.25) is 0 Å². The van der Waals surface area contributed by atoms with Gasteiger partial charge in [-0.2, -0.15) is 0 Å². The summed E-state index contributed by atoms with van der Waals surface area (Å²) in [6.45, 7) is 2.05. The quantitative estimate of drug-likeness (QED) is 0.273. The number of para-hydroxylation sites is 2. The number of aromatic nitrogens is 3.